The number of fused-ring (bicyclic) bond motifs is 3. The topological polar surface area (TPSA) is 103 Å². The summed E-state index contributed by atoms with van der Waals surface area (Å²) < 4.78 is 27.9. The largest absolute Gasteiger partial charge is 0.355 e. The Hall–Kier alpha value is -2.75. The molecule has 2 N–H and O–H groups in total. The van der Waals surface area contributed by atoms with Crippen molar-refractivity contribution in [3.8, 4) is 0 Å². The summed E-state index contributed by atoms with van der Waals surface area (Å²) in [4.78, 5) is 28.4. The quantitative estimate of drug-likeness (QED) is 0.593. The third kappa shape index (κ3) is 3.96. The molecule has 0 radical (unpaired) electrons. The molecule has 0 atom stereocenters. The fourth-order valence-corrected chi connectivity index (χ4v) is 5.30. The highest BCUT2D eigenvalue weighted by atomic mass is 32.2. The molecule has 1 aliphatic rings. The molecule has 1 saturated heterocycles. The standard InChI is InChI=1S/C21H24N4O4S/c1-15(26)22-8-9-24-10-12-25(13-11-24)30(28,29)16-6-7-20-19(14-16)17-4-2-3-5-18(17)21(27)23-20/h2-7,14H,8-13H2,1H3,(H,22,26)(H,23,27). The van der Waals surface area contributed by atoms with E-state index in [1.807, 2.05) is 12.1 Å². The monoisotopic (exact) mass is 428 g/mol. The highest BCUT2D eigenvalue weighted by Crippen LogP contribution is 2.26. The number of carbonyl (C=O) groups is 1. The maximum atomic E-state index is 13.2. The SMILES string of the molecule is CC(=O)NCCN1CCN(S(=O)(=O)c2ccc3[nH]c(=O)c4ccccc4c3c2)CC1. The third-order valence-corrected chi connectivity index (χ3v) is 7.37. The van der Waals surface area contributed by atoms with E-state index < -0.39 is 10.0 Å². The second-order valence-corrected chi connectivity index (χ2v) is 9.37. The summed E-state index contributed by atoms with van der Waals surface area (Å²) in [5, 5.41) is 4.73. The van der Waals surface area contributed by atoms with Gasteiger partial charge < -0.3 is 10.3 Å². The molecule has 0 saturated carbocycles. The van der Waals surface area contributed by atoms with Gasteiger partial charge >= 0.3 is 0 Å². The number of hydrogen-bond donors (Lipinski definition) is 2. The number of benzene rings is 2. The first-order valence-corrected chi connectivity index (χ1v) is 11.3. The van der Waals surface area contributed by atoms with Gasteiger partial charge in [0.2, 0.25) is 15.9 Å². The average molecular weight is 429 g/mol. The maximum absolute atomic E-state index is 13.2. The molecule has 0 aliphatic carbocycles. The first-order chi connectivity index (χ1) is 14.4. The molecule has 1 aromatic heterocycles. The Balaban J connectivity index is 1.57. The van der Waals surface area contributed by atoms with Crippen LogP contribution in [0.15, 0.2) is 52.2 Å². The molecular formula is C21H24N4O4S. The van der Waals surface area contributed by atoms with Crippen molar-refractivity contribution in [2.24, 2.45) is 0 Å². The highest BCUT2D eigenvalue weighted by molar-refractivity contribution is 7.89. The van der Waals surface area contributed by atoms with Crippen LogP contribution in [-0.2, 0) is 14.8 Å². The highest BCUT2D eigenvalue weighted by Gasteiger charge is 2.28. The molecule has 1 aliphatic heterocycles. The Morgan fingerprint density at radius 2 is 1.73 bits per heavy atom. The lowest BCUT2D eigenvalue weighted by molar-refractivity contribution is -0.119. The predicted molar refractivity (Wildman–Crippen MR) is 116 cm³/mol. The first-order valence-electron chi connectivity index (χ1n) is 9.88. The van der Waals surface area contributed by atoms with Gasteiger partial charge in [0.25, 0.3) is 5.56 Å². The number of aromatic amines is 1. The van der Waals surface area contributed by atoms with Crippen LogP contribution >= 0.6 is 0 Å². The zero-order valence-electron chi connectivity index (χ0n) is 16.7. The number of nitrogens with one attached hydrogen (secondary N) is 2. The normalized spacial score (nSPS) is 16.2. The molecule has 0 unspecified atom stereocenters. The summed E-state index contributed by atoms with van der Waals surface area (Å²) in [6, 6.07) is 12.0. The smallest absolute Gasteiger partial charge is 0.256 e. The van der Waals surface area contributed by atoms with Gasteiger partial charge in [-0.1, -0.05) is 18.2 Å². The van der Waals surface area contributed by atoms with Crippen molar-refractivity contribution in [1.82, 2.24) is 19.5 Å². The van der Waals surface area contributed by atoms with Crippen LogP contribution in [0.3, 0.4) is 0 Å². The minimum absolute atomic E-state index is 0.0682. The summed E-state index contributed by atoms with van der Waals surface area (Å²) in [5.41, 5.74) is 0.421. The Morgan fingerprint density at radius 3 is 2.43 bits per heavy atom. The van der Waals surface area contributed by atoms with E-state index in [-0.39, 0.29) is 16.4 Å². The van der Waals surface area contributed by atoms with Gasteiger partial charge in [-0.05, 0) is 29.7 Å². The molecule has 30 heavy (non-hydrogen) atoms. The van der Waals surface area contributed by atoms with Crippen LogP contribution in [0.1, 0.15) is 6.92 Å². The molecule has 1 fully saturated rings. The van der Waals surface area contributed by atoms with Crippen molar-refractivity contribution >= 4 is 37.6 Å². The number of rotatable bonds is 5. The third-order valence-electron chi connectivity index (χ3n) is 5.47. The zero-order valence-corrected chi connectivity index (χ0v) is 17.5. The van der Waals surface area contributed by atoms with Crippen LogP contribution in [0.2, 0.25) is 0 Å². The van der Waals surface area contributed by atoms with Crippen molar-refractivity contribution in [2.45, 2.75) is 11.8 Å². The first kappa shape index (κ1) is 20.5. The number of aromatic nitrogens is 1. The van der Waals surface area contributed by atoms with Crippen LogP contribution in [-0.4, -0.2) is 67.8 Å². The van der Waals surface area contributed by atoms with Gasteiger partial charge in [-0.15, -0.1) is 0 Å². The molecule has 0 spiro atoms. The van der Waals surface area contributed by atoms with E-state index >= 15 is 0 Å². The Kier molecular flexibility index (Phi) is 5.59. The molecule has 0 bridgehead atoms. The molecule has 4 rings (SSSR count). The fourth-order valence-electron chi connectivity index (χ4n) is 3.85. The second kappa shape index (κ2) is 8.17. The van der Waals surface area contributed by atoms with Crippen LogP contribution < -0.4 is 10.9 Å². The van der Waals surface area contributed by atoms with Gasteiger partial charge in [-0.2, -0.15) is 4.31 Å². The summed E-state index contributed by atoms with van der Waals surface area (Å²) in [5.74, 6) is -0.0682. The number of amides is 1. The Morgan fingerprint density at radius 1 is 1.03 bits per heavy atom. The summed E-state index contributed by atoms with van der Waals surface area (Å²) in [7, 11) is -3.64. The predicted octanol–water partition coefficient (Wildman–Crippen LogP) is 1.12. The number of H-pyrrole nitrogens is 1. The van der Waals surface area contributed by atoms with Gasteiger partial charge in [-0.25, -0.2) is 8.42 Å². The number of pyridine rings is 1. The van der Waals surface area contributed by atoms with E-state index in [1.165, 1.54) is 11.2 Å². The van der Waals surface area contributed by atoms with E-state index in [4.69, 9.17) is 0 Å². The van der Waals surface area contributed by atoms with Crippen LogP contribution in [0.4, 0.5) is 0 Å². The van der Waals surface area contributed by atoms with Gasteiger partial charge in [0.15, 0.2) is 0 Å². The van der Waals surface area contributed by atoms with Crippen LogP contribution in [0.5, 0.6) is 0 Å². The number of piperazine rings is 1. The molecular weight excluding hydrogens is 404 g/mol. The molecule has 8 nitrogen and oxygen atoms in total. The van der Waals surface area contributed by atoms with E-state index in [2.05, 4.69) is 15.2 Å². The van der Waals surface area contributed by atoms with Crippen molar-refractivity contribution in [1.29, 1.82) is 0 Å². The molecule has 2 aromatic carbocycles. The van der Waals surface area contributed by atoms with Crippen molar-refractivity contribution in [2.75, 3.05) is 39.3 Å². The van der Waals surface area contributed by atoms with Crippen molar-refractivity contribution in [3.63, 3.8) is 0 Å². The molecule has 2 heterocycles. The number of sulfonamides is 1. The van der Waals surface area contributed by atoms with E-state index in [1.54, 1.807) is 30.3 Å². The number of hydrogen-bond acceptors (Lipinski definition) is 5. The summed E-state index contributed by atoms with van der Waals surface area (Å²) in [6.07, 6.45) is 0. The van der Waals surface area contributed by atoms with Gasteiger partial charge in [0, 0.05) is 62.5 Å². The Labute approximate surface area is 174 Å². The van der Waals surface area contributed by atoms with Crippen molar-refractivity contribution in [3.05, 3.63) is 52.8 Å². The summed E-state index contributed by atoms with van der Waals surface area (Å²) in [6.45, 7) is 4.75. The summed E-state index contributed by atoms with van der Waals surface area (Å²) >= 11 is 0. The molecule has 3 aromatic rings. The van der Waals surface area contributed by atoms with E-state index in [0.29, 0.717) is 55.6 Å². The lowest BCUT2D eigenvalue weighted by Gasteiger charge is -2.34. The number of nitrogens with zero attached hydrogens (tertiary/aromatic N) is 2. The van der Waals surface area contributed by atoms with Gasteiger partial charge in [-0.3, -0.25) is 14.5 Å². The lowest BCUT2D eigenvalue weighted by atomic mass is 10.1. The van der Waals surface area contributed by atoms with Crippen LogP contribution in [0, 0.1) is 0 Å². The minimum atomic E-state index is -3.64. The fraction of sp³-hybridized carbons (Fsp3) is 0.333. The van der Waals surface area contributed by atoms with Gasteiger partial charge in [0.05, 0.1) is 4.90 Å². The Bertz CT molecular complexity index is 1260. The van der Waals surface area contributed by atoms with Crippen molar-refractivity contribution < 1.29 is 13.2 Å². The van der Waals surface area contributed by atoms with Gasteiger partial charge in [0.1, 0.15) is 0 Å². The minimum Gasteiger partial charge on any atom is -0.355 e. The number of carbonyl (C=O) groups excluding carboxylic acids is 1. The van der Waals surface area contributed by atoms with E-state index in [0.717, 1.165) is 5.39 Å². The molecule has 158 valence electrons. The molecule has 9 heteroatoms. The molecule has 1 amide bonds. The second-order valence-electron chi connectivity index (χ2n) is 7.44. The maximum Gasteiger partial charge on any atom is 0.256 e. The lowest BCUT2D eigenvalue weighted by Crippen LogP contribution is -2.50. The van der Waals surface area contributed by atoms with E-state index in [9.17, 15) is 18.0 Å². The van der Waals surface area contributed by atoms with Crippen LogP contribution in [0.25, 0.3) is 21.7 Å². The zero-order chi connectivity index (χ0) is 21.3. The average Bonchev–Trinajstić information content (AvgIpc) is 2.74.